The summed E-state index contributed by atoms with van der Waals surface area (Å²) in [5.41, 5.74) is 1.68. The average molecular weight is 294 g/mol. The normalized spacial score (nSPS) is 11.4. The minimum atomic E-state index is -0.0223. The van der Waals surface area contributed by atoms with Gasteiger partial charge in [0.15, 0.2) is 0 Å². The molecule has 0 aromatic heterocycles. The largest absolute Gasteiger partial charge is 0.351 e. The van der Waals surface area contributed by atoms with E-state index >= 15 is 0 Å². The van der Waals surface area contributed by atoms with Gasteiger partial charge in [-0.25, -0.2) is 0 Å². The Kier molecular flexibility index (Phi) is 6.56. The molecule has 0 saturated heterocycles. The molecule has 4 heteroatoms. The third-order valence-electron chi connectivity index (χ3n) is 3.45. The van der Waals surface area contributed by atoms with Crippen molar-refractivity contribution in [3.63, 3.8) is 0 Å². The first-order valence-corrected chi connectivity index (χ1v) is 7.61. The zero-order chi connectivity index (χ0) is 15.3. The highest BCUT2D eigenvalue weighted by atomic mass is 32.1. The zero-order valence-corrected chi connectivity index (χ0v) is 14.0. The summed E-state index contributed by atoms with van der Waals surface area (Å²) in [7, 11) is 0. The number of carbonyl (C=O) groups excluding carboxylic acids is 1. The summed E-state index contributed by atoms with van der Waals surface area (Å²) in [5, 5.41) is 2.99. The quantitative estimate of drug-likeness (QED) is 0.790. The van der Waals surface area contributed by atoms with Gasteiger partial charge in [0.2, 0.25) is 0 Å². The fraction of sp³-hybridized carbons (Fsp3) is 0.562. The molecule has 0 spiro atoms. The lowest BCUT2D eigenvalue weighted by atomic mass is 10.1. The highest BCUT2D eigenvalue weighted by Gasteiger charge is 2.14. The van der Waals surface area contributed by atoms with Gasteiger partial charge in [0.25, 0.3) is 5.91 Å². The smallest absolute Gasteiger partial charge is 0.251 e. The van der Waals surface area contributed by atoms with Crippen LogP contribution in [-0.4, -0.2) is 36.0 Å². The van der Waals surface area contributed by atoms with Crippen LogP contribution in [0.4, 0.5) is 0 Å². The minimum absolute atomic E-state index is 0.0223. The highest BCUT2D eigenvalue weighted by Crippen LogP contribution is 2.13. The van der Waals surface area contributed by atoms with Crippen molar-refractivity contribution in [1.82, 2.24) is 10.2 Å². The predicted molar refractivity (Wildman–Crippen MR) is 87.7 cm³/mol. The van der Waals surface area contributed by atoms with Crippen LogP contribution in [0.3, 0.4) is 0 Å². The maximum atomic E-state index is 12.2. The van der Waals surface area contributed by atoms with Gasteiger partial charge in [-0.05, 0) is 52.3 Å². The van der Waals surface area contributed by atoms with E-state index in [4.69, 9.17) is 0 Å². The first kappa shape index (κ1) is 17.1. The Labute approximate surface area is 128 Å². The molecule has 0 heterocycles. The molecule has 0 bridgehead atoms. The molecule has 3 nitrogen and oxygen atoms in total. The van der Waals surface area contributed by atoms with Gasteiger partial charge < -0.3 is 5.32 Å². The molecule has 0 radical (unpaired) electrons. The number of carbonyl (C=O) groups is 1. The molecular weight excluding hydrogens is 268 g/mol. The number of benzene rings is 1. The summed E-state index contributed by atoms with van der Waals surface area (Å²) in [6.07, 6.45) is 0. The molecule has 1 aromatic carbocycles. The fourth-order valence-electron chi connectivity index (χ4n) is 2.36. The summed E-state index contributed by atoms with van der Waals surface area (Å²) in [6.45, 7) is 12.2. The second kappa shape index (κ2) is 7.70. The molecule has 0 fully saturated rings. The van der Waals surface area contributed by atoms with Gasteiger partial charge in [-0.2, -0.15) is 0 Å². The van der Waals surface area contributed by atoms with Crippen LogP contribution in [0.5, 0.6) is 0 Å². The second-order valence-corrected chi connectivity index (χ2v) is 6.20. The Morgan fingerprint density at radius 3 is 2.40 bits per heavy atom. The van der Waals surface area contributed by atoms with E-state index in [9.17, 15) is 4.79 Å². The van der Waals surface area contributed by atoms with Crippen molar-refractivity contribution < 1.29 is 4.79 Å². The van der Waals surface area contributed by atoms with Crippen LogP contribution >= 0.6 is 12.6 Å². The average Bonchev–Trinajstić information content (AvgIpc) is 2.36. The molecule has 0 aliphatic carbocycles. The maximum absolute atomic E-state index is 12.2. The van der Waals surface area contributed by atoms with Gasteiger partial charge in [-0.3, -0.25) is 9.69 Å². The van der Waals surface area contributed by atoms with Gasteiger partial charge in [0, 0.05) is 35.6 Å². The summed E-state index contributed by atoms with van der Waals surface area (Å²) >= 11 is 4.29. The van der Waals surface area contributed by atoms with E-state index in [1.54, 1.807) is 0 Å². The molecule has 20 heavy (non-hydrogen) atoms. The van der Waals surface area contributed by atoms with Crippen LogP contribution in [0.25, 0.3) is 0 Å². The van der Waals surface area contributed by atoms with Crippen LogP contribution in [0.1, 0.15) is 43.6 Å². The van der Waals surface area contributed by atoms with Crippen LogP contribution in [0, 0.1) is 6.92 Å². The van der Waals surface area contributed by atoms with E-state index in [-0.39, 0.29) is 5.91 Å². The number of thiol groups is 1. The Morgan fingerprint density at radius 2 is 1.85 bits per heavy atom. The Morgan fingerprint density at radius 1 is 1.25 bits per heavy atom. The van der Waals surface area contributed by atoms with Crippen LogP contribution in [0.15, 0.2) is 23.1 Å². The zero-order valence-electron chi connectivity index (χ0n) is 13.1. The van der Waals surface area contributed by atoms with Crippen molar-refractivity contribution in [2.75, 3.05) is 13.1 Å². The van der Waals surface area contributed by atoms with Gasteiger partial charge in [0.05, 0.1) is 0 Å². The third-order valence-corrected chi connectivity index (χ3v) is 3.73. The van der Waals surface area contributed by atoms with E-state index in [2.05, 4.69) is 50.5 Å². The molecule has 0 aliphatic heterocycles. The molecule has 1 aromatic rings. The molecule has 112 valence electrons. The molecule has 0 atom stereocenters. The lowest BCUT2D eigenvalue weighted by molar-refractivity contribution is 0.0938. The minimum Gasteiger partial charge on any atom is -0.351 e. The van der Waals surface area contributed by atoms with E-state index < -0.39 is 0 Å². The number of nitrogens with zero attached hydrogens (tertiary/aromatic N) is 1. The van der Waals surface area contributed by atoms with Crippen LogP contribution in [-0.2, 0) is 0 Å². The monoisotopic (exact) mass is 294 g/mol. The van der Waals surface area contributed by atoms with Gasteiger partial charge >= 0.3 is 0 Å². The number of rotatable bonds is 6. The van der Waals surface area contributed by atoms with E-state index in [1.165, 1.54) is 0 Å². The predicted octanol–water partition coefficient (Wildman–Crippen LogP) is 3.13. The van der Waals surface area contributed by atoms with Gasteiger partial charge in [-0.15, -0.1) is 12.6 Å². The number of amides is 1. The molecule has 1 amide bonds. The molecule has 1 N–H and O–H groups in total. The molecule has 0 aliphatic rings. The highest BCUT2D eigenvalue weighted by molar-refractivity contribution is 7.80. The van der Waals surface area contributed by atoms with Crippen molar-refractivity contribution in [3.8, 4) is 0 Å². The topological polar surface area (TPSA) is 32.3 Å². The number of nitrogens with one attached hydrogen (secondary N) is 1. The van der Waals surface area contributed by atoms with Crippen LogP contribution in [0.2, 0.25) is 0 Å². The summed E-state index contributed by atoms with van der Waals surface area (Å²) < 4.78 is 0. The van der Waals surface area contributed by atoms with Gasteiger partial charge in [0.1, 0.15) is 0 Å². The first-order chi connectivity index (χ1) is 9.32. The lowest BCUT2D eigenvalue weighted by Gasteiger charge is -2.30. The lowest BCUT2D eigenvalue weighted by Crippen LogP contribution is -2.42. The van der Waals surface area contributed by atoms with Crippen molar-refractivity contribution in [2.45, 2.75) is 51.6 Å². The summed E-state index contributed by atoms with van der Waals surface area (Å²) in [5.74, 6) is -0.0223. The summed E-state index contributed by atoms with van der Waals surface area (Å²) in [4.78, 5) is 15.4. The van der Waals surface area contributed by atoms with E-state index in [0.717, 1.165) is 17.0 Å². The second-order valence-electron chi connectivity index (χ2n) is 5.68. The number of hydrogen-bond donors (Lipinski definition) is 2. The van der Waals surface area contributed by atoms with Crippen molar-refractivity contribution in [2.24, 2.45) is 0 Å². The SMILES string of the molecule is Cc1ccc(S)cc1C(=O)NCCN(C(C)C)C(C)C. The molecule has 0 saturated carbocycles. The molecular formula is C16H26N2OS. The van der Waals surface area contributed by atoms with E-state index in [0.29, 0.717) is 24.2 Å². The van der Waals surface area contributed by atoms with Crippen LogP contribution < -0.4 is 5.32 Å². The van der Waals surface area contributed by atoms with Gasteiger partial charge in [-0.1, -0.05) is 6.07 Å². The number of hydrogen-bond acceptors (Lipinski definition) is 3. The summed E-state index contributed by atoms with van der Waals surface area (Å²) in [6, 6.07) is 6.60. The van der Waals surface area contributed by atoms with Crippen molar-refractivity contribution in [1.29, 1.82) is 0 Å². The van der Waals surface area contributed by atoms with Crippen molar-refractivity contribution in [3.05, 3.63) is 29.3 Å². The Hall–Kier alpha value is -1.00. The molecule has 0 unspecified atom stereocenters. The fourth-order valence-corrected chi connectivity index (χ4v) is 2.56. The van der Waals surface area contributed by atoms with Crippen molar-refractivity contribution >= 4 is 18.5 Å². The molecule has 1 rings (SSSR count). The Bertz CT molecular complexity index is 450. The Balaban J connectivity index is 2.57. The standard InChI is InChI=1S/C16H26N2OS/c1-11(2)18(12(3)4)9-8-17-16(19)15-10-14(20)7-6-13(15)5/h6-7,10-12,20H,8-9H2,1-5H3,(H,17,19). The number of aryl methyl sites for hydroxylation is 1. The first-order valence-electron chi connectivity index (χ1n) is 7.16. The van der Waals surface area contributed by atoms with E-state index in [1.807, 2.05) is 25.1 Å². The third kappa shape index (κ3) is 4.84. The maximum Gasteiger partial charge on any atom is 0.251 e.